The lowest BCUT2D eigenvalue weighted by Gasteiger charge is -2.12. The molecule has 0 N–H and O–H groups in total. The molecule has 9 aromatic carbocycles. The summed E-state index contributed by atoms with van der Waals surface area (Å²) in [5.41, 5.74) is 11.3. The van der Waals surface area contributed by atoms with E-state index in [4.69, 9.17) is 19.4 Å². The Hall–Kier alpha value is -7.69. The van der Waals surface area contributed by atoms with E-state index in [1.165, 1.54) is 21.9 Å². The Morgan fingerprint density at radius 1 is 0.298 bits per heavy atom. The Bertz CT molecular complexity index is 3280. The van der Waals surface area contributed by atoms with E-state index in [0.29, 0.717) is 17.5 Å². The van der Waals surface area contributed by atoms with Crippen LogP contribution in [0.3, 0.4) is 0 Å². The van der Waals surface area contributed by atoms with E-state index in [0.717, 1.165) is 71.7 Å². The van der Waals surface area contributed by atoms with Gasteiger partial charge in [0.1, 0.15) is 11.2 Å². The largest absolute Gasteiger partial charge is 0.455 e. The van der Waals surface area contributed by atoms with Crippen molar-refractivity contribution >= 4 is 43.5 Å². The zero-order valence-corrected chi connectivity index (χ0v) is 30.8. The fourth-order valence-electron chi connectivity index (χ4n) is 8.00. The first-order chi connectivity index (χ1) is 28.2. The molecule has 11 aromatic rings. The maximum Gasteiger partial charge on any atom is 0.164 e. The van der Waals surface area contributed by atoms with Gasteiger partial charge in [0.2, 0.25) is 0 Å². The molecule has 2 aromatic heterocycles. The van der Waals surface area contributed by atoms with E-state index < -0.39 is 0 Å². The van der Waals surface area contributed by atoms with Gasteiger partial charge in [0.25, 0.3) is 0 Å². The van der Waals surface area contributed by atoms with Crippen molar-refractivity contribution in [1.29, 1.82) is 0 Å². The highest BCUT2D eigenvalue weighted by molar-refractivity contribution is 6.21. The third-order valence-electron chi connectivity index (χ3n) is 10.9. The molecular weight excluding hydrogens is 695 g/mol. The van der Waals surface area contributed by atoms with Crippen molar-refractivity contribution < 1.29 is 4.42 Å². The van der Waals surface area contributed by atoms with Gasteiger partial charge in [-0.1, -0.05) is 170 Å². The average Bonchev–Trinajstić information content (AvgIpc) is 3.69. The summed E-state index contributed by atoms with van der Waals surface area (Å²) in [6.45, 7) is 0. The van der Waals surface area contributed by atoms with Crippen molar-refractivity contribution in [1.82, 2.24) is 15.0 Å². The average molecular weight is 728 g/mol. The van der Waals surface area contributed by atoms with Crippen molar-refractivity contribution in [2.24, 2.45) is 0 Å². The number of rotatable bonds is 6. The summed E-state index contributed by atoms with van der Waals surface area (Å²) in [5.74, 6) is 1.86. The minimum Gasteiger partial charge on any atom is -0.455 e. The lowest BCUT2D eigenvalue weighted by atomic mass is 9.93. The topological polar surface area (TPSA) is 51.8 Å². The Kier molecular flexibility index (Phi) is 7.78. The molecule has 2 heterocycles. The van der Waals surface area contributed by atoms with Gasteiger partial charge in [0, 0.05) is 32.8 Å². The first-order valence-electron chi connectivity index (χ1n) is 19.2. The van der Waals surface area contributed by atoms with Gasteiger partial charge in [-0.2, -0.15) is 0 Å². The second kappa shape index (κ2) is 13.6. The molecule has 0 radical (unpaired) electrons. The molecule has 0 aliphatic heterocycles. The molecule has 4 heteroatoms. The summed E-state index contributed by atoms with van der Waals surface area (Å²) in [7, 11) is 0. The van der Waals surface area contributed by atoms with Crippen LogP contribution in [-0.2, 0) is 0 Å². The van der Waals surface area contributed by atoms with Gasteiger partial charge in [-0.05, 0) is 79.9 Å². The molecule has 0 bridgehead atoms. The third-order valence-corrected chi connectivity index (χ3v) is 10.9. The number of hydrogen-bond acceptors (Lipinski definition) is 4. The van der Waals surface area contributed by atoms with Crippen molar-refractivity contribution in [3.8, 4) is 67.5 Å². The highest BCUT2D eigenvalue weighted by atomic mass is 16.3. The van der Waals surface area contributed by atoms with Gasteiger partial charge in [0.15, 0.2) is 17.5 Å². The number of nitrogens with zero attached hydrogens (tertiary/aromatic N) is 3. The van der Waals surface area contributed by atoms with E-state index in [1.807, 2.05) is 48.5 Å². The Morgan fingerprint density at radius 2 is 0.825 bits per heavy atom. The van der Waals surface area contributed by atoms with E-state index in [2.05, 4.69) is 152 Å². The summed E-state index contributed by atoms with van der Waals surface area (Å²) in [6, 6.07) is 69.9. The molecule has 0 fully saturated rings. The molecular formula is C53H33N3O. The van der Waals surface area contributed by atoms with Crippen molar-refractivity contribution in [3.63, 3.8) is 0 Å². The maximum atomic E-state index is 6.69. The summed E-state index contributed by atoms with van der Waals surface area (Å²) in [4.78, 5) is 15.2. The molecule has 0 unspecified atom stereocenters. The third kappa shape index (κ3) is 5.92. The molecule has 0 saturated carbocycles. The predicted octanol–water partition coefficient (Wildman–Crippen LogP) is 14.1. The fourth-order valence-corrected chi connectivity index (χ4v) is 8.00. The van der Waals surface area contributed by atoms with Crippen LogP contribution in [0, 0.1) is 0 Å². The number of benzene rings is 9. The summed E-state index contributed by atoms with van der Waals surface area (Å²) in [6.07, 6.45) is 0. The van der Waals surface area contributed by atoms with Crippen molar-refractivity contribution in [2.45, 2.75) is 0 Å². The molecule has 0 amide bonds. The van der Waals surface area contributed by atoms with Crippen LogP contribution in [0.5, 0.6) is 0 Å². The SMILES string of the molecule is c1ccc(-c2ccc3cc(-c4cccc(-c5nc(-c6ccccc6)nc(-c6ccc(-c7ccc8ccccc8c7)cc6)n5)c4)c4c5ccccc5oc4c3c2)cc1. The maximum absolute atomic E-state index is 6.69. The van der Waals surface area contributed by atoms with Gasteiger partial charge in [0.05, 0.1) is 0 Å². The van der Waals surface area contributed by atoms with Gasteiger partial charge >= 0.3 is 0 Å². The van der Waals surface area contributed by atoms with E-state index in [9.17, 15) is 0 Å². The van der Waals surface area contributed by atoms with Gasteiger partial charge < -0.3 is 4.42 Å². The van der Waals surface area contributed by atoms with Crippen molar-refractivity contribution in [3.05, 3.63) is 200 Å². The summed E-state index contributed by atoms with van der Waals surface area (Å²) in [5, 5.41) is 6.83. The van der Waals surface area contributed by atoms with Gasteiger partial charge in [-0.15, -0.1) is 0 Å². The molecule has 0 aliphatic rings. The van der Waals surface area contributed by atoms with E-state index >= 15 is 0 Å². The quantitative estimate of drug-likeness (QED) is 0.171. The van der Waals surface area contributed by atoms with Gasteiger partial charge in [-0.25, -0.2) is 15.0 Å². The number of para-hydroxylation sites is 1. The van der Waals surface area contributed by atoms with Crippen LogP contribution in [0.1, 0.15) is 0 Å². The molecule has 4 nitrogen and oxygen atoms in total. The summed E-state index contributed by atoms with van der Waals surface area (Å²) >= 11 is 0. The highest BCUT2D eigenvalue weighted by Crippen LogP contribution is 2.43. The van der Waals surface area contributed by atoms with Gasteiger partial charge in [-0.3, -0.25) is 0 Å². The molecule has 0 spiro atoms. The monoisotopic (exact) mass is 727 g/mol. The smallest absolute Gasteiger partial charge is 0.164 e. The predicted molar refractivity (Wildman–Crippen MR) is 235 cm³/mol. The van der Waals surface area contributed by atoms with Crippen molar-refractivity contribution in [2.75, 3.05) is 0 Å². The van der Waals surface area contributed by atoms with Crippen LogP contribution in [0.25, 0.3) is 111 Å². The first-order valence-corrected chi connectivity index (χ1v) is 19.2. The number of furan rings is 1. The van der Waals surface area contributed by atoms with E-state index in [-0.39, 0.29) is 0 Å². The standard InChI is InChI=1S/C53H33N3O/c1-3-12-34(13-4-1)41-28-29-43-33-46(49-45-20-9-10-21-48(45)57-50(49)47(43)32-41)42-18-11-19-44(31-42)53-55-51(37-15-5-2-6-16-37)54-52(56-53)38-25-22-36(23-26-38)40-27-24-35-14-7-8-17-39(35)30-40/h1-33H. The second-order valence-corrected chi connectivity index (χ2v) is 14.4. The number of hydrogen-bond donors (Lipinski definition) is 0. The van der Waals surface area contributed by atoms with Crippen LogP contribution < -0.4 is 0 Å². The normalized spacial score (nSPS) is 11.5. The Morgan fingerprint density at radius 3 is 1.60 bits per heavy atom. The van der Waals surface area contributed by atoms with Crippen LogP contribution >= 0.6 is 0 Å². The minimum atomic E-state index is 0.612. The van der Waals surface area contributed by atoms with Crippen LogP contribution in [0.15, 0.2) is 205 Å². The van der Waals surface area contributed by atoms with Crippen LogP contribution in [0.4, 0.5) is 0 Å². The van der Waals surface area contributed by atoms with E-state index in [1.54, 1.807) is 0 Å². The first kappa shape index (κ1) is 32.7. The Labute approximate surface area is 329 Å². The zero-order valence-electron chi connectivity index (χ0n) is 30.8. The second-order valence-electron chi connectivity index (χ2n) is 14.4. The molecule has 266 valence electrons. The summed E-state index contributed by atoms with van der Waals surface area (Å²) < 4.78 is 6.69. The zero-order chi connectivity index (χ0) is 37.7. The van der Waals surface area contributed by atoms with Crippen LogP contribution in [-0.4, -0.2) is 15.0 Å². The molecule has 11 rings (SSSR count). The highest BCUT2D eigenvalue weighted by Gasteiger charge is 2.19. The molecule has 0 atom stereocenters. The molecule has 57 heavy (non-hydrogen) atoms. The Balaban J connectivity index is 1.04. The fraction of sp³-hybridized carbons (Fsp3) is 0. The lowest BCUT2D eigenvalue weighted by Crippen LogP contribution is -2.00. The molecule has 0 saturated heterocycles. The van der Waals surface area contributed by atoms with Crippen LogP contribution in [0.2, 0.25) is 0 Å². The number of aromatic nitrogens is 3. The number of fused-ring (bicyclic) bond motifs is 6. The molecule has 0 aliphatic carbocycles. The lowest BCUT2D eigenvalue weighted by molar-refractivity contribution is 0.673. The minimum absolute atomic E-state index is 0.612.